The van der Waals surface area contributed by atoms with Gasteiger partial charge in [-0.05, 0) is 42.2 Å². The number of aryl methyl sites for hydroxylation is 1. The molecular weight excluding hydrogens is 392 g/mol. The van der Waals surface area contributed by atoms with E-state index in [1.54, 1.807) is 29.2 Å². The number of carbonyl (C=O) groups excluding carboxylic acids is 1. The molecule has 0 unspecified atom stereocenters. The van der Waals surface area contributed by atoms with Gasteiger partial charge in [-0.15, -0.1) is 0 Å². The van der Waals surface area contributed by atoms with Gasteiger partial charge in [0.1, 0.15) is 16.8 Å². The maximum absolute atomic E-state index is 13.3. The normalized spacial score (nSPS) is 11.4. The summed E-state index contributed by atoms with van der Waals surface area (Å²) in [5.74, 6) is -0.116. The Morgan fingerprint density at radius 2 is 2.03 bits per heavy atom. The van der Waals surface area contributed by atoms with E-state index in [0.717, 1.165) is 11.1 Å². The van der Waals surface area contributed by atoms with E-state index in [2.05, 4.69) is 10.3 Å². The zero-order valence-electron chi connectivity index (χ0n) is 17.7. The summed E-state index contributed by atoms with van der Waals surface area (Å²) in [6.07, 6.45) is 5.03. The van der Waals surface area contributed by atoms with E-state index in [-0.39, 0.29) is 40.4 Å². The van der Waals surface area contributed by atoms with Crippen LogP contribution < -0.4 is 16.4 Å². The first-order valence-electron chi connectivity index (χ1n) is 10.1. The average Bonchev–Trinajstić information content (AvgIpc) is 2.75. The second kappa shape index (κ2) is 8.14. The van der Waals surface area contributed by atoms with Crippen molar-refractivity contribution in [2.24, 2.45) is 5.92 Å². The fourth-order valence-corrected chi connectivity index (χ4v) is 3.49. The summed E-state index contributed by atoms with van der Waals surface area (Å²) in [5.41, 5.74) is 2.45. The van der Waals surface area contributed by atoms with E-state index in [9.17, 15) is 9.59 Å². The Kier molecular flexibility index (Phi) is 5.37. The molecular formula is C23H24N6O2. The molecule has 8 heteroatoms. The van der Waals surface area contributed by atoms with Crippen molar-refractivity contribution >= 4 is 22.6 Å². The molecule has 1 amide bonds. The molecule has 0 saturated carbocycles. The maximum atomic E-state index is 13.3. The molecule has 2 N–H and O–H groups in total. The molecule has 0 aliphatic heterocycles. The van der Waals surface area contributed by atoms with Gasteiger partial charge in [0.15, 0.2) is 0 Å². The van der Waals surface area contributed by atoms with Crippen molar-refractivity contribution < 1.29 is 4.79 Å². The minimum Gasteiger partial charge on any atom is -0.352 e. The molecule has 0 spiro atoms. The summed E-state index contributed by atoms with van der Waals surface area (Å²) >= 11 is 0. The van der Waals surface area contributed by atoms with Gasteiger partial charge in [0, 0.05) is 25.1 Å². The quantitative estimate of drug-likeness (QED) is 0.487. The fraction of sp³-hybridized carbons (Fsp3) is 0.261. The van der Waals surface area contributed by atoms with Crippen molar-refractivity contribution in [3.8, 4) is 0 Å². The lowest BCUT2D eigenvalue weighted by Crippen LogP contribution is -2.36. The molecule has 0 aliphatic rings. The molecule has 0 aliphatic carbocycles. The number of pyridine rings is 3. The van der Waals surface area contributed by atoms with Crippen LogP contribution in [0, 0.1) is 18.3 Å². The van der Waals surface area contributed by atoms with Crippen LogP contribution in [-0.4, -0.2) is 31.4 Å². The van der Waals surface area contributed by atoms with Crippen LogP contribution in [0.2, 0.25) is 0 Å². The molecule has 0 aromatic carbocycles. The topological polar surface area (TPSA) is 105 Å². The second-order valence-corrected chi connectivity index (χ2v) is 8.00. The van der Waals surface area contributed by atoms with E-state index < -0.39 is 0 Å². The molecule has 0 saturated heterocycles. The molecule has 0 bridgehead atoms. The van der Waals surface area contributed by atoms with Gasteiger partial charge in [-0.25, -0.2) is 4.98 Å². The summed E-state index contributed by atoms with van der Waals surface area (Å²) in [6.45, 7) is 6.62. The summed E-state index contributed by atoms with van der Waals surface area (Å²) in [7, 11) is 0. The van der Waals surface area contributed by atoms with Crippen LogP contribution in [0.25, 0.3) is 16.7 Å². The molecule has 0 fully saturated rings. The zero-order chi connectivity index (χ0) is 22.1. The lowest BCUT2D eigenvalue weighted by molar-refractivity contribution is 0.0946. The van der Waals surface area contributed by atoms with Gasteiger partial charge in [-0.1, -0.05) is 26.0 Å². The minimum absolute atomic E-state index is 0.00226. The van der Waals surface area contributed by atoms with Crippen LogP contribution >= 0.6 is 0 Å². The molecule has 4 rings (SSSR count). The number of fused-ring (bicyclic) bond motifs is 2. The lowest BCUT2D eigenvalue weighted by Gasteiger charge is -2.15. The van der Waals surface area contributed by atoms with Gasteiger partial charge in [0.05, 0.1) is 17.5 Å². The Morgan fingerprint density at radius 1 is 1.23 bits per heavy atom. The standard InChI is InChI=1S/C23H24N6O2/c1-14(2)11-26-22(30)17-10-18-21(27-20-15(3)6-5-9-28(20)23(18)31)29(19(17)24)13-16-7-4-8-25-12-16/h4-10,12,14,24H,11,13H2,1-3H3,(H,26,30). The number of amides is 1. The number of aromatic nitrogens is 4. The van der Waals surface area contributed by atoms with Gasteiger partial charge in [0.2, 0.25) is 0 Å². The monoisotopic (exact) mass is 416 g/mol. The number of rotatable bonds is 5. The van der Waals surface area contributed by atoms with Crippen LogP contribution in [0.4, 0.5) is 0 Å². The molecule has 4 aromatic rings. The van der Waals surface area contributed by atoms with Crippen LogP contribution in [0.5, 0.6) is 0 Å². The predicted octanol–water partition coefficient (Wildman–Crippen LogP) is 2.27. The Morgan fingerprint density at radius 3 is 2.74 bits per heavy atom. The molecule has 0 atom stereocenters. The Bertz CT molecular complexity index is 1400. The largest absolute Gasteiger partial charge is 0.352 e. The summed E-state index contributed by atoms with van der Waals surface area (Å²) in [4.78, 5) is 35.0. The minimum atomic E-state index is -0.380. The highest BCUT2D eigenvalue weighted by Crippen LogP contribution is 2.14. The van der Waals surface area contributed by atoms with Crippen LogP contribution in [0.3, 0.4) is 0 Å². The molecule has 4 heterocycles. The van der Waals surface area contributed by atoms with Crippen molar-refractivity contribution in [2.75, 3.05) is 6.54 Å². The van der Waals surface area contributed by atoms with Crippen molar-refractivity contribution in [2.45, 2.75) is 27.3 Å². The predicted molar refractivity (Wildman–Crippen MR) is 118 cm³/mol. The van der Waals surface area contributed by atoms with E-state index >= 15 is 0 Å². The van der Waals surface area contributed by atoms with E-state index in [1.165, 1.54) is 10.5 Å². The highest BCUT2D eigenvalue weighted by atomic mass is 16.1. The highest BCUT2D eigenvalue weighted by Gasteiger charge is 2.18. The van der Waals surface area contributed by atoms with E-state index in [4.69, 9.17) is 10.4 Å². The lowest BCUT2D eigenvalue weighted by atomic mass is 10.1. The Balaban J connectivity index is 2.02. The number of hydrogen-bond acceptors (Lipinski definition) is 5. The van der Waals surface area contributed by atoms with Crippen molar-refractivity contribution in [1.29, 1.82) is 5.41 Å². The third kappa shape index (κ3) is 3.84. The van der Waals surface area contributed by atoms with Gasteiger partial charge in [0.25, 0.3) is 11.5 Å². The number of nitrogens with zero attached hydrogens (tertiary/aromatic N) is 4. The molecule has 8 nitrogen and oxygen atoms in total. The molecule has 4 aromatic heterocycles. The fourth-order valence-electron chi connectivity index (χ4n) is 3.49. The summed E-state index contributed by atoms with van der Waals surface area (Å²) < 4.78 is 3.08. The van der Waals surface area contributed by atoms with Crippen molar-refractivity contribution in [1.82, 2.24) is 24.3 Å². The number of nitrogens with one attached hydrogen (secondary N) is 2. The van der Waals surface area contributed by atoms with Crippen molar-refractivity contribution in [3.05, 3.63) is 81.5 Å². The van der Waals surface area contributed by atoms with Crippen LogP contribution in [0.15, 0.2) is 53.7 Å². The summed E-state index contributed by atoms with van der Waals surface area (Å²) in [5, 5.41) is 11.9. The maximum Gasteiger partial charge on any atom is 0.267 e. The summed E-state index contributed by atoms with van der Waals surface area (Å²) in [6, 6.07) is 8.85. The number of hydrogen-bond donors (Lipinski definition) is 2. The first-order chi connectivity index (χ1) is 14.9. The molecule has 158 valence electrons. The van der Waals surface area contributed by atoms with Crippen LogP contribution in [0.1, 0.15) is 35.3 Å². The van der Waals surface area contributed by atoms with Gasteiger partial charge < -0.3 is 9.88 Å². The molecule has 31 heavy (non-hydrogen) atoms. The van der Waals surface area contributed by atoms with Gasteiger partial charge in [-0.3, -0.25) is 24.4 Å². The highest BCUT2D eigenvalue weighted by molar-refractivity contribution is 5.96. The zero-order valence-corrected chi connectivity index (χ0v) is 17.7. The number of carbonyl (C=O) groups is 1. The van der Waals surface area contributed by atoms with Crippen molar-refractivity contribution in [3.63, 3.8) is 0 Å². The SMILES string of the molecule is Cc1cccn2c(=O)c3cc(C(=O)NCC(C)C)c(=N)n(Cc4cccnc4)c3nc12. The smallest absolute Gasteiger partial charge is 0.267 e. The van der Waals surface area contributed by atoms with E-state index in [1.807, 2.05) is 39.0 Å². The van der Waals surface area contributed by atoms with Gasteiger partial charge >= 0.3 is 0 Å². The first-order valence-corrected chi connectivity index (χ1v) is 10.1. The average molecular weight is 416 g/mol. The van der Waals surface area contributed by atoms with Crippen LogP contribution in [-0.2, 0) is 6.54 Å². The van der Waals surface area contributed by atoms with E-state index in [0.29, 0.717) is 17.8 Å². The second-order valence-electron chi connectivity index (χ2n) is 8.00. The third-order valence-corrected chi connectivity index (χ3v) is 5.11. The van der Waals surface area contributed by atoms with Gasteiger partial charge in [-0.2, -0.15) is 0 Å². The third-order valence-electron chi connectivity index (χ3n) is 5.11. The Labute approximate surface area is 178 Å². The Hall–Kier alpha value is -3.81. The first kappa shape index (κ1) is 20.5. The molecule has 0 radical (unpaired) electrons.